The first-order chi connectivity index (χ1) is 10.5. The van der Waals surface area contributed by atoms with E-state index in [1.54, 1.807) is 0 Å². The molecule has 4 nitrogen and oxygen atoms in total. The number of nitrogens with zero attached hydrogens (tertiary/aromatic N) is 3. The average molecular weight is 303 g/mol. The first-order valence-electron chi connectivity index (χ1n) is 7.73. The number of benzene rings is 1. The summed E-state index contributed by atoms with van der Waals surface area (Å²) >= 11 is 0. The summed E-state index contributed by atoms with van der Waals surface area (Å²) in [5.41, 5.74) is 2.18. The fourth-order valence-corrected chi connectivity index (χ4v) is 3.06. The molecule has 2 atom stereocenters. The molecule has 5 heteroatoms. The SMILES string of the molecule is CC(C)n1cc(CN2C[C@@H](O)C[C@H]2c2ccc(F)cc2)cn1. The van der Waals surface area contributed by atoms with Crippen molar-refractivity contribution in [3.8, 4) is 0 Å². The van der Waals surface area contributed by atoms with Gasteiger partial charge < -0.3 is 5.11 Å². The van der Waals surface area contributed by atoms with Crippen LogP contribution >= 0.6 is 0 Å². The van der Waals surface area contributed by atoms with Crippen LogP contribution in [0.25, 0.3) is 0 Å². The maximum atomic E-state index is 13.1. The first-order valence-corrected chi connectivity index (χ1v) is 7.73. The zero-order chi connectivity index (χ0) is 15.7. The summed E-state index contributed by atoms with van der Waals surface area (Å²) in [4.78, 5) is 2.24. The molecule has 1 aliphatic heterocycles. The summed E-state index contributed by atoms with van der Waals surface area (Å²) in [5.74, 6) is -0.230. The number of rotatable bonds is 4. The van der Waals surface area contributed by atoms with Crippen LogP contribution in [-0.2, 0) is 6.54 Å². The van der Waals surface area contributed by atoms with Crippen LogP contribution in [0, 0.1) is 5.82 Å². The highest BCUT2D eigenvalue weighted by atomic mass is 19.1. The minimum absolute atomic E-state index is 0.123. The largest absolute Gasteiger partial charge is 0.392 e. The van der Waals surface area contributed by atoms with Gasteiger partial charge in [-0.1, -0.05) is 12.1 Å². The maximum Gasteiger partial charge on any atom is 0.123 e. The van der Waals surface area contributed by atoms with Crippen LogP contribution in [-0.4, -0.2) is 32.4 Å². The van der Waals surface area contributed by atoms with Crippen LogP contribution in [0.3, 0.4) is 0 Å². The van der Waals surface area contributed by atoms with Gasteiger partial charge in [0.2, 0.25) is 0 Å². The summed E-state index contributed by atoms with van der Waals surface area (Å²) in [7, 11) is 0. The lowest BCUT2D eigenvalue weighted by atomic mass is 10.0. The molecule has 0 spiro atoms. The number of aliphatic hydroxyl groups is 1. The van der Waals surface area contributed by atoms with Crippen LogP contribution in [0.2, 0.25) is 0 Å². The fraction of sp³-hybridized carbons (Fsp3) is 0.471. The Morgan fingerprint density at radius 1 is 1.32 bits per heavy atom. The van der Waals surface area contributed by atoms with E-state index in [0.29, 0.717) is 19.0 Å². The molecular formula is C17H22FN3O. The van der Waals surface area contributed by atoms with Crippen molar-refractivity contribution in [2.45, 2.75) is 45.0 Å². The van der Waals surface area contributed by atoms with E-state index in [1.807, 2.05) is 23.0 Å². The van der Waals surface area contributed by atoms with Gasteiger partial charge in [-0.25, -0.2) is 4.39 Å². The molecule has 0 radical (unpaired) electrons. The molecule has 0 saturated carbocycles. The first kappa shape index (κ1) is 15.2. The average Bonchev–Trinajstić information content (AvgIpc) is 3.07. The van der Waals surface area contributed by atoms with E-state index < -0.39 is 0 Å². The maximum absolute atomic E-state index is 13.1. The summed E-state index contributed by atoms with van der Waals surface area (Å²) < 4.78 is 15.0. The van der Waals surface area contributed by atoms with Crippen molar-refractivity contribution in [2.24, 2.45) is 0 Å². The molecule has 118 valence electrons. The molecule has 0 aliphatic carbocycles. The van der Waals surface area contributed by atoms with Gasteiger partial charge in [0, 0.05) is 36.9 Å². The zero-order valence-corrected chi connectivity index (χ0v) is 13.0. The molecule has 2 heterocycles. The van der Waals surface area contributed by atoms with E-state index in [9.17, 15) is 9.50 Å². The van der Waals surface area contributed by atoms with Crippen molar-refractivity contribution in [1.29, 1.82) is 0 Å². The van der Waals surface area contributed by atoms with E-state index in [0.717, 1.165) is 17.7 Å². The minimum atomic E-state index is -0.338. The highest BCUT2D eigenvalue weighted by Gasteiger charge is 2.32. The smallest absolute Gasteiger partial charge is 0.123 e. The van der Waals surface area contributed by atoms with Crippen LogP contribution in [0.1, 0.15) is 43.5 Å². The van der Waals surface area contributed by atoms with Crippen molar-refractivity contribution in [3.05, 3.63) is 53.6 Å². The third kappa shape index (κ3) is 3.20. The molecule has 1 aromatic carbocycles. The quantitative estimate of drug-likeness (QED) is 0.944. The van der Waals surface area contributed by atoms with E-state index in [-0.39, 0.29) is 18.0 Å². The Labute approximate surface area is 130 Å². The highest BCUT2D eigenvalue weighted by Crippen LogP contribution is 2.33. The Morgan fingerprint density at radius 2 is 2.05 bits per heavy atom. The van der Waals surface area contributed by atoms with E-state index in [4.69, 9.17) is 0 Å². The van der Waals surface area contributed by atoms with Gasteiger partial charge in [0.1, 0.15) is 5.82 Å². The van der Waals surface area contributed by atoms with Crippen LogP contribution < -0.4 is 0 Å². The van der Waals surface area contributed by atoms with E-state index in [1.165, 1.54) is 12.1 Å². The molecule has 0 unspecified atom stereocenters. The summed E-state index contributed by atoms with van der Waals surface area (Å²) in [6.45, 7) is 5.57. The summed E-state index contributed by atoms with van der Waals surface area (Å²) in [5, 5.41) is 14.4. The Kier molecular flexibility index (Phi) is 4.27. The molecular weight excluding hydrogens is 281 g/mol. The molecule has 3 rings (SSSR count). The topological polar surface area (TPSA) is 41.3 Å². The van der Waals surface area contributed by atoms with E-state index in [2.05, 4.69) is 30.0 Å². The number of likely N-dealkylation sites (tertiary alicyclic amines) is 1. The number of hydrogen-bond donors (Lipinski definition) is 1. The molecule has 1 N–H and O–H groups in total. The van der Waals surface area contributed by atoms with Crippen molar-refractivity contribution in [3.63, 3.8) is 0 Å². The molecule has 0 bridgehead atoms. The van der Waals surface area contributed by atoms with Gasteiger partial charge in [-0.15, -0.1) is 0 Å². The Hall–Kier alpha value is -1.72. The van der Waals surface area contributed by atoms with Gasteiger partial charge in [0.15, 0.2) is 0 Å². The standard InChI is InChI=1S/C17H22FN3O/c1-12(2)21-10-13(8-19-21)9-20-11-16(22)7-17(20)14-3-5-15(18)6-4-14/h3-6,8,10,12,16-17,22H,7,9,11H2,1-2H3/t16-,17-/m0/s1. The van der Waals surface area contributed by atoms with Crippen LogP contribution in [0.4, 0.5) is 4.39 Å². The van der Waals surface area contributed by atoms with Gasteiger partial charge in [-0.05, 0) is 38.0 Å². The number of halogens is 1. The summed E-state index contributed by atoms with van der Waals surface area (Å²) in [6, 6.07) is 7.04. The van der Waals surface area contributed by atoms with Crippen LogP contribution in [0.5, 0.6) is 0 Å². The lowest BCUT2D eigenvalue weighted by Gasteiger charge is -2.23. The monoisotopic (exact) mass is 303 g/mol. The van der Waals surface area contributed by atoms with E-state index >= 15 is 0 Å². The number of aliphatic hydroxyl groups excluding tert-OH is 1. The summed E-state index contributed by atoms with van der Waals surface area (Å²) in [6.07, 6.45) is 4.28. The molecule has 2 aromatic rings. The van der Waals surface area contributed by atoms with Crippen molar-refractivity contribution in [1.82, 2.24) is 14.7 Å². The second kappa shape index (κ2) is 6.18. The molecule has 1 aromatic heterocycles. The fourth-order valence-electron chi connectivity index (χ4n) is 3.06. The third-order valence-corrected chi connectivity index (χ3v) is 4.21. The molecule has 1 fully saturated rings. The Morgan fingerprint density at radius 3 is 2.68 bits per heavy atom. The highest BCUT2D eigenvalue weighted by molar-refractivity contribution is 5.22. The zero-order valence-electron chi connectivity index (χ0n) is 13.0. The van der Waals surface area contributed by atoms with Crippen LogP contribution in [0.15, 0.2) is 36.7 Å². The molecule has 1 aliphatic rings. The lowest BCUT2D eigenvalue weighted by molar-refractivity contribution is 0.172. The predicted octanol–water partition coefficient (Wildman–Crippen LogP) is 2.91. The van der Waals surface area contributed by atoms with Gasteiger partial charge in [-0.2, -0.15) is 5.10 Å². The Balaban J connectivity index is 1.76. The second-order valence-electron chi connectivity index (χ2n) is 6.31. The molecule has 22 heavy (non-hydrogen) atoms. The Bertz CT molecular complexity index is 623. The molecule has 0 amide bonds. The number of aromatic nitrogens is 2. The predicted molar refractivity (Wildman–Crippen MR) is 82.8 cm³/mol. The number of β-amino-alcohol motifs (C(OH)–C–C–N with tert-alkyl or cyclic N) is 1. The number of hydrogen-bond acceptors (Lipinski definition) is 3. The normalized spacial score (nSPS) is 22.6. The van der Waals surface area contributed by atoms with Gasteiger partial charge in [0.05, 0.1) is 12.3 Å². The van der Waals surface area contributed by atoms with Gasteiger partial charge in [-0.3, -0.25) is 9.58 Å². The minimum Gasteiger partial charge on any atom is -0.392 e. The third-order valence-electron chi connectivity index (χ3n) is 4.21. The van der Waals surface area contributed by atoms with Gasteiger partial charge >= 0.3 is 0 Å². The lowest BCUT2D eigenvalue weighted by Crippen LogP contribution is -2.24. The van der Waals surface area contributed by atoms with Crippen molar-refractivity contribution in [2.75, 3.05) is 6.54 Å². The second-order valence-corrected chi connectivity index (χ2v) is 6.31. The van der Waals surface area contributed by atoms with Crippen molar-refractivity contribution < 1.29 is 9.50 Å². The van der Waals surface area contributed by atoms with Gasteiger partial charge in [0.25, 0.3) is 0 Å². The van der Waals surface area contributed by atoms with Crippen molar-refractivity contribution >= 4 is 0 Å². The molecule has 1 saturated heterocycles.